The van der Waals surface area contributed by atoms with Gasteiger partial charge in [-0.05, 0) is 36.8 Å². The van der Waals surface area contributed by atoms with Crippen LogP contribution >= 0.6 is 12.2 Å². The van der Waals surface area contributed by atoms with Crippen LogP contribution in [0.15, 0.2) is 54.6 Å². The van der Waals surface area contributed by atoms with Gasteiger partial charge in [-0.2, -0.15) is 0 Å². The van der Waals surface area contributed by atoms with Crippen LogP contribution in [-0.2, 0) is 4.79 Å². The summed E-state index contributed by atoms with van der Waals surface area (Å²) in [5.41, 5.74) is 3.03. The van der Waals surface area contributed by atoms with E-state index in [1.807, 2.05) is 66.4 Å². The van der Waals surface area contributed by atoms with E-state index in [0.29, 0.717) is 5.11 Å². The number of para-hydroxylation sites is 1. The number of rotatable bonds is 2. The van der Waals surface area contributed by atoms with Gasteiger partial charge in [0.15, 0.2) is 5.11 Å². The van der Waals surface area contributed by atoms with E-state index in [0.717, 1.165) is 11.3 Å². The van der Waals surface area contributed by atoms with Gasteiger partial charge in [0.1, 0.15) is 6.04 Å². The van der Waals surface area contributed by atoms with Gasteiger partial charge in [0.05, 0.1) is 0 Å². The molecule has 0 aromatic heterocycles. The van der Waals surface area contributed by atoms with Crippen molar-refractivity contribution in [2.45, 2.75) is 13.0 Å². The third kappa shape index (κ3) is 2.18. The lowest BCUT2D eigenvalue weighted by Gasteiger charge is -2.23. The molecule has 1 aliphatic rings. The van der Waals surface area contributed by atoms with Crippen molar-refractivity contribution in [3.8, 4) is 0 Å². The number of hydrogen-bond donors (Lipinski definition) is 1. The van der Waals surface area contributed by atoms with E-state index in [-0.39, 0.29) is 5.91 Å². The topological polar surface area (TPSA) is 32.3 Å². The molecule has 2 aromatic rings. The molecule has 1 atom stereocenters. The maximum Gasteiger partial charge on any atom is 0.253 e. The highest BCUT2D eigenvalue weighted by Crippen LogP contribution is 2.31. The lowest BCUT2D eigenvalue weighted by Crippen LogP contribution is -2.29. The van der Waals surface area contributed by atoms with Crippen LogP contribution in [0.4, 0.5) is 5.69 Å². The van der Waals surface area contributed by atoms with Gasteiger partial charge in [-0.15, -0.1) is 0 Å². The Kier molecular flexibility index (Phi) is 3.24. The molecule has 20 heavy (non-hydrogen) atoms. The zero-order chi connectivity index (χ0) is 14.1. The molecule has 2 aromatic carbocycles. The van der Waals surface area contributed by atoms with Crippen LogP contribution in [0.5, 0.6) is 0 Å². The van der Waals surface area contributed by atoms with Crippen molar-refractivity contribution in [2.24, 2.45) is 0 Å². The number of carbonyl (C=O) groups excluding carboxylic acids is 1. The number of nitrogens with zero attached hydrogens (tertiary/aromatic N) is 1. The highest BCUT2D eigenvalue weighted by Gasteiger charge is 2.37. The van der Waals surface area contributed by atoms with Crippen molar-refractivity contribution < 1.29 is 4.79 Å². The smallest absolute Gasteiger partial charge is 0.253 e. The molecule has 3 nitrogen and oxygen atoms in total. The lowest BCUT2D eigenvalue weighted by molar-refractivity contribution is -0.119. The van der Waals surface area contributed by atoms with Gasteiger partial charge in [0.25, 0.3) is 5.91 Å². The second-order valence-electron chi connectivity index (χ2n) is 4.81. The SMILES string of the molecule is Cc1ccc(C2C(=O)NC(=S)N2c2ccccc2)cc1. The maximum atomic E-state index is 12.2. The summed E-state index contributed by atoms with van der Waals surface area (Å²) in [4.78, 5) is 14.1. The summed E-state index contributed by atoms with van der Waals surface area (Å²) in [6.07, 6.45) is 0. The molecule has 100 valence electrons. The quantitative estimate of drug-likeness (QED) is 0.860. The van der Waals surface area contributed by atoms with E-state index in [1.165, 1.54) is 5.56 Å². The van der Waals surface area contributed by atoms with Crippen LogP contribution in [0, 0.1) is 6.92 Å². The summed E-state index contributed by atoms with van der Waals surface area (Å²) < 4.78 is 0. The van der Waals surface area contributed by atoms with Crippen molar-refractivity contribution >= 4 is 28.9 Å². The average molecular weight is 282 g/mol. The predicted octanol–water partition coefficient (Wildman–Crippen LogP) is 2.96. The summed E-state index contributed by atoms with van der Waals surface area (Å²) in [5, 5.41) is 3.20. The number of carbonyl (C=O) groups is 1. The normalized spacial score (nSPS) is 18.2. The molecule has 0 bridgehead atoms. The van der Waals surface area contributed by atoms with Gasteiger partial charge < -0.3 is 10.2 Å². The first-order valence-corrected chi connectivity index (χ1v) is 6.83. The third-order valence-corrected chi connectivity index (χ3v) is 3.68. The number of thiocarbonyl (C=S) groups is 1. The number of anilines is 1. The van der Waals surface area contributed by atoms with E-state index < -0.39 is 6.04 Å². The minimum atomic E-state index is -0.398. The average Bonchev–Trinajstić information content (AvgIpc) is 2.75. The van der Waals surface area contributed by atoms with E-state index in [1.54, 1.807) is 0 Å². The summed E-state index contributed by atoms with van der Waals surface area (Å²) >= 11 is 5.30. The van der Waals surface area contributed by atoms with Crippen molar-refractivity contribution in [1.29, 1.82) is 0 Å². The molecule has 0 spiro atoms. The minimum absolute atomic E-state index is 0.0808. The summed E-state index contributed by atoms with van der Waals surface area (Å²) in [7, 11) is 0. The van der Waals surface area contributed by atoms with Crippen molar-refractivity contribution in [3.05, 3.63) is 65.7 Å². The van der Waals surface area contributed by atoms with Crippen LogP contribution in [0.2, 0.25) is 0 Å². The molecule has 1 unspecified atom stereocenters. The lowest BCUT2D eigenvalue weighted by atomic mass is 10.0. The highest BCUT2D eigenvalue weighted by atomic mass is 32.1. The van der Waals surface area contributed by atoms with Gasteiger partial charge in [-0.1, -0.05) is 48.0 Å². The predicted molar refractivity (Wildman–Crippen MR) is 83.6 cm³/mol. The number of nitrogens with one attached hydrogen (secondary N) is 1. The van der Waals surface area contributed by atoms with Crippen LogP contribution < -0.4 is 10.2 Å². The van der Waals surface area contributed by atoms with Gasteiger partial charge in [0.2, 0.25) is 0 Å². The number of amides is 1. The van der Waals surface area contributed by atoms with Crippen molar-refractivity contribution in [1.82, 2.24) is 5.32 Å². The van der Waals surface area contributed by atoms with Gasteiger partial charge in [0, 0.05) is 5.69 Å². The molecular weight excluding hydrogens is 268 g/mol. The van der Waals surface area contributed by atoms with Crippen molar-refractivity contribution in [2.75, 3.05) is 4.90 Å². The zero-order valence-electron chi connectivity index (χ0n) is 11.0. The Labute approximate surface area is 123 Å². The fourth-order valence-corrected chi connectivity index (χ4v) is 2.68. The van der Waals surface area contributed by atoms with Crippen LogP contribution in [0.1, 0.15) is 17.2 Å². The number of aryl methyl sites for hydroxylation is 1. The number of hydrogen-bond acceptors (Lipinski definition) is 2. The zero-order valence-corrected chi connectivity index (χ0v) is 11.9. The first-order chi connectivity index (χ1) is 9.66. The third-order valence-electron chi connectivity index (χ3n) is 3.38. The molecule has 1 saturated heterocycles. The van der Waals surface area contributed by atoms with Gasteiger partial charge in [-0.3, -0.25) is 4.79 Å². The molecule has 0 saturated carbocycles. The van der Waals surface area contributed by atoms with Crippen LogP contribution in [-0.4, -0.2) is 11.0 Å². The molecule has 3 rings (SSSR count). The molecule has 1 N–H and O–H groups in total. The van der Waals surface area contributed by atoms with Gasteiger partial charge >= 0.3 is 0 Å². The standard InChI is InChI=1S/C16H14N2OS/c1-11-7-9-12(10-8-11)14-15(19)17-16(20)18(14)13-5-3-2-4-6-13/h2-10,14H,1H3,(H,17,19,20). The summed E-state index contributed by atoms with van der Waals surface area (Å²) in [6.45, 7) is 2.03. The van der Waals surface area contributed by atoms with E-state index in [2.05, 4.69) is 5.32 Å². The molecule has 0 aliphatic carbocycles. The van der Waals surface area contributed by atoms with Gasteiger partial charge in [-0.25, -0.2) is 0 Å². The summed E-state index contributed by atoms with van der Waals surface area (Å²) in [6, 6.07) is 17.3. The second-order valence-corrected chi connectivity index (χ2v) is 5.20. The number of benzene rings is 2. The van der Waals surface area contributed by atoms with Crippen molar-refractivity contribution in [3.63, 3.8) is 0 Å². The Morgan fingerprint density at radius 1 is 1.05 bits per heavy atom. The molecule has 1 aliphatic heterocycles. The Morgan fingerprint density at radius 2 is 1.70 bits per heavy atom. The first kappa shape index (κ1) is 12.8. The first-order valence-electron chi connectivity index (χ1n) is 6.42. The maximum absolute atomic E-state index is 12.2. The Morgan fingerprint density at radius 3 is 2.35 bits per heavy atom. The van der Waals surface area contributed by atoms with E-state index >= 15 is 0 Å². The minimum Gasteiger partial charge on any atom is -0.302 e. The molecule has 1 heterocycles. The largest absolute Gasteiger partial charge is 0.302 e. The highest BCUT2D eigenvalue weighted by molar-refractivity contribution is 7.80. The monoisotopic (exact) mass is 282 g/mol. The van der Waals surface area contributed by atoms with E-state index in [4.69, 9.17) is 12.2 Å². The van der Waals surface area contributed by atoms with Crippen LogP contribution in [0.3, 0.4) is 0 Å². The fraction of sp³-hybridized carbons (Fsp3) is 0.125. The second kappa shape index (κ2) is 5.06. The Balaban J connectivity index is 2.04. The Hall–Kier alpha value is -2.20. The molecule has 0 radical (unpaired) electrons. The molecule has 1 fully saturated rings. The summed E-state index contributed by atoms with van der Waals surface area (Å²) in [5.74, 6) is -0.0808. The fourth-order valence-electron chi connectivity index (χ4n) is 2.37. The van der Waals surface area contributed by atoms with Crippen LogP contribution in [0.25, 0.3) is 0 Å². The Bertz CT molecular complexity index is 652. The van der Waals surface area contributed by atoms with E-state index in [9.17, 15) is 4.79 Å². The molecular formula is C16H14N2OS. The molecule has 4 heteroatoms. The molecule has 1 amide bonds.